The fraction of sp³-hybridized carbons (Fsp3) is 0.276. The van der Waals surface area contributed by atoms with E-state index in [1.54, 1.807) is 31.6 Å². The lowest BCUT2D eigenvalue weighted by molar-refractivity contribution is -0.139. The summed E-state index contributed by atoms with van der Waals surface area (Å²) < 4.78 is 12.9. The molecular weight excluding hydrogens is 472 g/mol. The molecule has 0 bridgehead atoms. The molecule has 0 saturated carbocycles. The zero-order chi connectivity index (χ0) is 25.8. The Hall–Kier alpha value is -3.71. The molecule has 0 radical (unpaired) electrons. The van der Waals surface area contributed by atoms with E-state index in [0.29, 0.717) is 26.5 Å². The molecule has 186 valence electrons. The molecule has 0 fully saturated rings. The van der Waals surface area contributed by atoms with Crippen LogP contribution in [0.2, 0.25) is 0 Å². The minimum absolute atomic E-state index is 0.198. The van der Waals surface area contributed by atoms with Gasteiger partial charge in [0.1, 0.15) is 5.75 Å². The second kappa shape index (κ2) is 10.9. The molecule has 3 aromatic rings. The first-order valence-corrected chi connectivity index (χ1v) is 12.8. The van der Waals surface area contributed by atoms with Crippen LogP contribution in [0.15, 0.2) is 75.7 Å². The summed E-state index contributed by atoms with van der Waals surface area (Å²) in [6.45, 7) is 8.06. The van der Waals surface area contributed by atoms with Crippen LogP contribution < -0.4 is 19.6 Å². The number of hydrogen-bond acceptors (Lipinski definition) is 6. The van der Waals surface area contributed by atoms with Gasteiger partial charge in [-0.3, -0.25) is 9.36 Å². The summed E-state index contributed by atoms with van der Waals surface area (Å²) in [4.78, 5) is 31.8. The van der Waals surface area contributed by atoms with E-state index in [1.807, 2.05) is 60.7 Å². The Morgan fingerprint density at radius 3 is 2.56 bits per heavy atom. The minimum Gasteiger partial charge on any atom is -0.496 e. The zero-order valence-corrected chi connectivity index (χ0v) is 22.0. The molecule has 1 aliphatic heterocycles. The molecule has 2 aromatic carbocycles. The van der Waals surface area contributed by atoms with Crippen molar-refractivity contribution in [1.82, 2.24) is 4.57 Å². The first-order valence-electron chi connectivity index (χ1n) is 11.9. The van der Waals surface area contributed by atoms with Crippen LogP contribution in [0.3, 0.4) is 0 Å². The number of thiazole rings is 1. The van der Waals surface area contributed by atoms with Gasteiger partial charge in [-0.2, -0.15) is 0 Å². The Kier molecular flexibility index (Phi) is 7.70. The molecule has 0 amide bonds. The SMILES string of the molecule is CCOC(=O)C1=C(C)N=c2sc(=CC=Cc3ccccc3OC)c(=O)n2C1c1ccc(C(C)C)cc1. The Morgan fingerprint density at radius 2 is 1.89 bits per heavy atom. The van der Waals surface area contributed by atoms with Crippen molar-refractivity contribution in [1.29, 1.82) is 0 Å². The van der Waals surface area contributed by atoms with Gasteiger partial charge in [0, 0.05) is 5.56 Å². The van der Waals surface area contributed by atoms with Crippen molar-refractivity contribution in [3.8, 4) is 5.75 Å². The van der Waals surface area contributed by atoms with Crippen LogP contribution in [0, 0.1) is 0 Å². The second-order valence-electron chi connectivity index (χ2n) is 8.75. The maximum Gasteiger partial charge on any atom is 0.338 e. The highest BCUT2D eigenvalue weighted by Gasteiger charge is 2.33. The molecule has 7 heteroatoms. The number of fused-ring (bicyclic) bond motifs is 1. The molecule has 2 heterocycles. The summed E-state index contributed by atoms with van der Waals surface area (Å²) in [5.41, 5.74) is 3.68. The number of ether oxygens (including phenoxy) is 2. The van der Waals surface area contributed by atoms with Gasteiger partial charge in [-0.25, -0.2) is 9.79 Å². The number of hydrogen-bond donors (Lipinski definition) is 0. The summed E-state index contributed by atoms with van der Waals surface area (Å²) in [6, 6.07) is 15.1. The molecule has 1 unspecified atom stereocenters. The lowest BCUT2D eigenvalue weighted by Gasteiger charge is -2.25. The van der Waals surface area contributed by atoms with E-state index in [2.05, 4.69) is 18.8 Å². The highest BCUT2D eigenvalue weighted by atomic mass is 32.1. The van der Waals surface area contributed by atoms with Crippen LogP contribution in [0.25, 0.3) is 12.2 Å². The molecule has 0 saturated heterocycles. The second-order valence-corrected chi connectivity index (χ2v) is 9.76. The van der Waals surface area contributed by atoms with E-state index >= 15 is 0 Å². The normalized spacial score (nSPS) is 15.8. The van der Waals surface area contributed by atoms with Gasteiger partial charge in [-0.1, -0.05) is 79.8 Å². The van der Waals surface area contributed by atoms with Gasteiger partial charge in [0.2, 0.25) is 0 Å². The van der Waals surface area contributed by atoms with Crippen molar-refractivity contribution in [3.63, 3.8) is 0 Å². The highest BCUT2D eigenvalue weighted by molar-refractivity contribution is 7.07. The van der Waals surface area contributed by atoms with Crippen molar-refractivity contribution >= 4 is 29.5 Å². The van der Waals surface area contributed by atoms with E-state index in [9.17, 15) is 9.59 Å². The van der Waals surface area contributed by atoms with Gasteiger partial charge in [-0.15, -0.1) is 0 Å². The van der Waals surface area contributed by atoms with Crippen molar-refractivity contribution in [3.05, 3.63) is 102 Å². The van der Waals surface area contributed by atoms with E-state index in [-0.39, 0.29) is 12.2 Å². The standard InChI is InChI=1S/C29H30N2O4S/c1-6-35-28(33)25-19(4)30-29-31(26(25)22-16-14-20(15-17-22)18(2)3)27(32)24(36-29)13-9-11-21-10-7-8-12-23(21)34-5/h7-18,26H,6H2,1-5H3. The van der Waals surface area contributed by atoms with Crippen molar-refractivity contribution in [2.45, 2.75) is 39.7 Å². The lowest BCUT2D eigenvalue weighted by Crippen LogP contribution is -2.39. The molecule has 0 N–H and O–H groups in total. The third-order valence-electron chi connectivity index (χ3n) is 6.10. The summed E-state index contributed by atoms with van der Waals surface area (Å²) in [7, 11) is 1.63. The molecule has 1 aromatic heterocycles. The lowest BCUT2D eigenvalue weighted by atomic mass is 9.93. The van der Waals surface area contributed by atoms with E-state index in [1.165, 1.54) is 16.9 Å². The number of aromatic nitrogens is 1. The molecule has 0 aliphatic carbocycles. The molecule has 1 aliphatic rings. The maximum absolute atomic E-state index is 13.6. The molecule has 4 rings (SSSR count). The summed E-state index contributed by atoms with van der Waals surface area (Å²) in [6.07, 6.45) is 5.50. The van der Waals surface area contributed by atoms with E-state index in [0.717, 1.165) is 16.9 Å². The number of benzene rings is 2. The van der Waals surface area contributed by atoms with Crippen molar-refractivity contribution in [2.24, 2.45) is 4.99 Å². The number of allylic oxidation sites excluding steroid dienone is 2. The molecule has 36 heavy (non-hydrogen) atoms. The largest absolute Gasteiger partial charge is 0.496 e. The zero-order valence-electron chi connectivity index (χ0n) is 21.1. The summed E-state index contributed by atoms with van der Waals surface area (Å²) in [5, 5.41) is 0. The minimum atomic E-state index is -0.609. The topological polar surface area (TPSA) is 69.9 Å². The van der Waals surface area contributed by atoms with Crippen LogP contribution in [0.4, 0.5) is 0 Å². The smallest absolute Gasteiger partial charge is 0.338 e. The number of methoxy groups -OCH3 is 1. The summed E-state index contributed by atoms with van der Waals surface area (Å²) in [5.74, 6) is 0.670. The number of para-hydroxylation sites is 1. The predicted octanol–water partition coefficient (Wildman–Crippen LogP) is 4.60. The van der Waals surface area contributed by atoms with Gasteiger partial charge in [0.25, 0.3) is 5.56 Å². The third kappa shape index (κ3) is 4.97. The maximum atomic E-state index is 13.6. The number of rotatable bonds is 7. The quantitative estimate of drug-likeness (QED) is 0.443. The van der Waals surface area contributed by atoms with Crippen LogP contribution in [-0.2, 0) is 9.53 Å². The van der Waals surface area contributed by atoms with Gasteiger partial charge < -0.3 is 9.47 Å². The summed E-state index contributed by atoms with van der Waals surface area (Å²) >= 11 is 1.30. The van der Waals surface area contributed by atoms with E-state index < -0.39 is 12.0 Å². The molecule has 1 atom stereocenters. The Bertz CT molecular complexity index is 1510. The Morgan fingerprint density at radius 1 is 1.17 bits per heavy atom. The first-order chi connectivity index (χ1) is 17.3. The van der Waals surface area contributed by atoms with Crippen LogP contribution in [-0.4, -0.2) is 24.3 Å². The first kappa shape index (κ1) is 25.4. The average molecular weight is 503 g/mol. The van der Waals surface area contributed by atoms with Gasteiger partial charge >= 0.3 is 5.97 Å². The molecule has 6 nitrogen and oxygen atoms in total. The van der Waals surface area contributed by atoms with Gasteiger partial charge in [0.15, 0.2) is 4.80 Å². The number of carbonyl (C=O) groups is 1. The van der Waals surface area contributed by atoms with Gasteiger partial charge in [-0.05, 0) is 43.0 Å². The Labute approximate surface area is 214 Å². The van der Waals surface area contributed by atoms with Crippen LogP contribution >= 0.6 is 11.3 Å². The average Bonchev–Trinajstić information content (AvgIpc) is 3.18. The molecule has 0 spiro atoms. The van der Waals surface area contributed by atoms with Crippen molar-refractivity contribution < 1.29 is 14.3 Å². The van der Waals surface area contributed by atoms with Gasteiger partial charge in [0.05, 0.1) is 35.6 Å². The number of carbonyl (C=O) groups excluding carboxylic acids is 1. The van der Waals surface area contributed by atoms with Crippen molar-refractivity contribution in [2.75, 3.05) is 13.7 Å². The predicted molar refractivity (Wildman–Crippen MR) is 144 cm³/mol. The third-order valence-corrected chi connectivity index (χ3v) is 7.10. The fourth-order valence-corrected chi connectivity index (χ4v) is 5.23. The van der Waals surface area contributed by atoms with Crippen LogP contribution in [0.5, 0.6) is 5.75 Å². The number of esters is 1. The number of nitrogens with zero attached hydrogens (tertiary/aromatic N) is 2. The fourth-order valence-electron chi connectivity index (χ4n) is 4.23. The van der Waals surface area contributed by atoms with Crippen LogP contribution in [0.1, 0.15) is 56.3 Å². The highest BCUT2D eigenvalue weighted by Crippen LogP contribution is 2.31. The molecular formula is C29H30N2O4S. The Balaban J connectivity index is 1.84. The monoisotopic (exact) mass is 502 g/mol. The van der Waals surface area contributed by atoms with E-state index in [4.69, 9.17) is 9.47 Å².